The normalized spacial score (nSPS) is 10.5. The van der Waals surface area contributed by atoms with Crippen LogP contribution in [-0.2, 0) is 0 Å². The number of hydrogen-bond donors (Lipinski definition) is 1. The van der Waals surface area contributed by atoms with E-state index in [4.69, 9.17) is 19.4 Å². The van der Waals surface area contributed by atoms with Gasteiger partial charge in [-0.25, -0.2) is 9.97 Å². The monoisotopic (exact) mass is 461 g/mol. The van der Waals surface area contributed by atoms with Crippen molar-refractivity contribution >= 4 is 27.6 Å². The molecule has 1 heterocycles. The third kappa shape index (κ3) is 4.44. The molecule has 1 aromatic heterocycles. The first kappa shape index (κ1) is 19.9. The molecule has 0 radical (unpaired) electrons. The summed E-state index contributed by atoms with van der Waals surface area (Å²) in [5.74, 6) is 1.84. The minimum atomic E-state index is 0.520. The molecule has 30 heavy (non-hydrogen) atoms. The van der Waals surface area contributed by atoms with E-state index < -0.39 is 0 Å². The van der Waals surface area contributed by atoms with Crippen LogP contribution in [0.15, 0.2) is 83.3 Å². The Kier molecular flexibility index (Phi) is 5.95. The number of anilines is 2. The number of rotatable bonds is 6. The van der Waals surface area contributed by atoms with Crippen LogP contribution >= 0.6 is 15.9 Å². The van der Waals surface area contributed by atoms with Crippen LogP contribution in [-0.4, -0.2) is 24.2 Å². The van der Waals surface area contributed by atoms with Gasteiger partial charge >= 0.3 is 0 Å². The summed E-state index contributed by atoms with van der Waals surface area (Å²) in [7, 11) is 3.24. The highest BCUT2D eigenvalue weighted by Crippen LogP contribution is 2.33. The maximum atomic E-state index is 5.46. The molecule has 0 saturated heterocycles. The van der Waals surface area contributed by atoms with Gasteiger partial charge in [-0.3, -0.25) is 0 Å². The lowest BCUT2D eigenvalue weighted by Crippen LogP contribution is -2.00. The van der Waals surface area contributed by atoms with Crippen molar-refractivity contribution in [2.45, 2.75) is 0 Å². The lowest BCUT2D eigenvalue weighted by Gasteiger charge is -2.12. The zero-order chi connectivity index (χ0) is 20.9. The van der Waals surface area contributed by atoms with E-state index in [0.29, 0.717) is 17.4 Å². The molecule has 0 saturated carbocycles. The molecule has 0 bridgehead atoms. The second-order valence-corrected chi connectivity index (χ2v) is 7.45. The van der Waals surface area contributed by atoms with Gasteiger partial charge in [0, 0.05) is 21.3 Å². The van der Waals surface area contributed by atoms with Crippen LogP contribution in [0.4, 0.5) is 11.6 Å². The Balaban J connectivity index is 1.82. The van der Waals surface area contributed by atoms with Crippen molar-refractivity contribution in [2.75, 3.05) is 19.5 Å². The van der Waals surface area contributed by atoms with Crippen molar-refractivity contribution in [1.29, 1.82) is 0 Å². The van der Waals surface area contributed by atoms with E-state index in [1.54, 1.807) is 14.2 Å². The van der Waals surface area contributed by atoms with Crippen LogP contribution in [0.25, 0.3) is 22.5 Å². The van der Waals surface area contributed by atoms with Crippen molar-refractivity contribution in [2.24, 2.45) is 0 Å². The van der Waals surface area contributed by atoms with Crippen molar-refractivity contribution in [1.82, 2.24) is 9.97 Å². The summed E-state index contributed by atoms with van der Waals surface area (Å²) in [5.41, 5.74) is 4.43. The number of nitrogens with one attached hydrogen (secondary N) is 1. The smallest absolute Gasteiger partial charge is 0.228 e. The van der Waals surface area contributed by atoms with Gasteiger partial charge in [0.1, 0.15) is 0 Å². The summed E-state index contributed by atoms with van der Waals surface area (Å²) in [4.78, 5) is 9.48. The lowest BCUT2D eigenvalue weighted by atomic mass is 10.1. The fourth-order valence-electron chi connectivity index (χ4n) is 3.07. The standard InChI is InChI=1S/C24H20BrN3O2/c1-29-22-13-10-17(14-23(22)30-2)21-15-20(16-8-11-18(25)12-9-16)27-24(28-21)26-19-6-4-3-5-7-19/h3-15H,1-2H3,(H,26,27,28). The van der Waals surface area contributed by atoms with Crippen molar-refractivity contribution in [3.05, 3.63) is 83.3 Å². The molecule has 0 aliphatic heterocycles. The maximum absolute atomic E-state index is 5.46. The Bertz CT molecular complexity index is 1150. The number of nitrogens with zero attached hydrogens (tertiary/aromatic N) is 2. The Hall–Kier alpha value is -3.38. The van der Waals surface area contributed by atoms with Gasteiger partial charge < -0.3 is 14.8 Å². The molecule has 1 N–H and O–H groups in total. The first-order valence-electron chi connectivity index (χ1n) is 9.36. The quantitative estimate of drug-likeness (QED) is 0.363. The minimum Gasteiger partial charge on any atom is -0.493 e. The summed E-state index contributed by atoms with van der Waals surface area (Å²) in [6.45, 7) is 0. The zero-order valence-corrected chi connectivity index (χ0v) is 18.2. The highest BCUT2D eigenvalue weighted by Gasteiger charge is 2.12. The predicted molar refractivity (Wildman–Crippen MR) is 123 cm³/mol. The van der Waals surface area contributed by atoms with Gasteiger partial charge in [-0.15, -0.1) is 0 Å². The molecule has 0 unspecified atom stereocenters. The van der Waals surface area contributed by atoms with Gasteiger partial charge in [-0.05, 0) is 48.5 Å². The second-order valence-electron chi connectivity index (χ2n) is 6.53. The van der Waals surface area contributed by atoms with Gasteiger partial charge in [0.2, 0.25) is 5.95 Å². The molecule has 0 aliphatic carbocycles. The first-order valence-corrected chi connectivity index (χ1v) is 10.1. The molecule has 0 amide bonds. The molecule has 6 heteroatoms. The summed E-state index contributed by atoms with van der Waals surface area (Å²) in [5, 5.41) is 3.30. The number of ether oxygens (including phenoxy) is 2. The topological polar surface area (TPSA) is 56.3 Å². The third-order valence-corrected chi connectivity index (χ3v) is 5.10. The van der Waals surface area contributed by atoms with Crippen LogP contribution < -0.4 is 14.8 Å². The van der Waals surface area contributed by atoms with Crippen LogP contribution in [0.2, 0.25) is 0 Å². The molecule has 0 spiro atoms. The van der Waals surface area contributed by atoms with Crippen LogP contribution in [0.5, 0.6) is 11.5 Å². The Morgan fingerprint density at radius 3 is 2.00 bits per heavy atom. The molecular weight excluding hydrogens is 442 g/mol. The summed E-state index contributed by atoms with van der Waals surface area (Å²) in [6, 6.07) is 25.6. The predicted octanol–water partition coefficient (Wildman–Crippen LogP) is 6.33. The number of halogens is 1. The molecule has 0 atom stereocenters. The lowest BCUT2D eigenvalue weighted by molar-refractivity contribution is 0.355. The van der Waals surface area contributed by atoms with Crippen LogP contribution in [0.3, 0.4) is 0 Å². The molecule has 150 valence electrons. The fourth-order valence-corrected chi connectivity index (χ4v) is 3.33. The van der Waals surface area contributed by atoms with Gasteiger partial charge in [0.05, 0.1) is 25.6 Å². The molecule has 0 fully saturated rings. The minimum absolute atomic E-state index is 0.520. The van der Waals surface area contributed by atoms with Gasteiger partial charge in [0.25, 0.3) is 0 Å². The fraction of sp³-hybridized carbons (Fsp3) is 0.0833. The van der Waals surface area contributed by atoms with E-state index in [1.807, 2.05) is 78.9 Å². The molecule has 0 aliphatic rings. The van der Waals surface area contributed by atoms with Crippen molar-refractivity contribution in [3.8, 4) is 34.0 Å². The maximum Gasteiger partial charge on any atom is 0.228 e. The van der Waals surface area contributed by atoms with Gasteiger partial charge in [-0.2, -0.15) is 0 Å². The van der Waals surface area contributed by atoms with Crippen LogP contribution in [0.1, 0.15) is 0 Å². The molecular formula is C24H20BrN3O2. The average Bonchev–Trinajstić information content (AvgIpc) is 2.79. The van der Waals surface area contributed by atoms with E-state index >= 15 is 0 Å². The van der Waals surface area contributed by atoms with Crippen molar-refractivity contribution in [3.63, 3.8) is 0 Å². The van der Waals surface area contributed by atoms with Gasteiger partial charge in [0.15, 0.2) is 11.5 Å². The molecule has 5 nitrogen and oxygen atoms in total. The number of hydrogen-bond acceptors (Lipinski definition) is 5. The zero-order valence-electron chi connectivity index (χ0n) is 16.6. The highest BCUT2D eigenvalue weighted by atomic mass is 79.9. The molecule has 3 aromatic carbocycles. The Morgan fingerprint density at radius 1 is 0.700 bits per heavy atom. The van der Waals surface area contributed by atoms with E-state index in [0.717, 1.165) is 32.7 Å². The van der Waals surface area contributed by atoms with E-state index in [1.165, 1.54) is 0 Å². The molecule has 4 rings (SSSR count). The number of methoxy groups -OCH3 is 2. The van der Waals surface area contributed by atoms with Crippen LogP contribution in [0, 0.1) is 0 Å². The third-order valence-electron chi connectivity index (χ3n) is 4.58. The Labute approximate surface area is 183 Å². The van der Waals surface area contributed by atoms with Crippen molar-refractivity contribution < 1.29 is 9.47 Å². The first-order chi connectivity index (χ1) is 14.7. The summed E-state index contributed by atoms with van der Waals surface area (Å²) < 4.78 is 11.8. The highest BCUT2D eigenvalue weighted by molar-refractivity contribution is 9.10. The largest absolute Gasteiger partial charge is 0.493 e. The summed E-state index contributed by atoms with van der Waals surface area (Å²) >= 11 is 3.49. The number of benzene rings is 3. The van der Waals surface area contributed by atoms with E-state index in [-0.39, 0.29) is 0 Å². The second kappa shape index (κ2) is 8.97. The van der Waals surface area contributed by atoms with Gasteiger partial charge in [-0.1, -0.05) is 46.3 Å². The number of aromatic nitrogens is 2. The molecule has 4 aromatic rings. The number of para-hydroxylation sites is 1. The van der Waals surface area contributed by atoms with E-state index in [9.17, 15) is 0 Å². The van der Waals surface area contributed by atoms with E-state index in [2.05, 4.69) is 21.2 Å². The SMILES string of the molecule is COc1ccc(-c2cc(-c3ccc(Br)cc3)nc(Nc3ccccc3)n2)cc1OC. The average molecular weight is 462 g/mol. The summed E-state index contributed by atoms with van der Waals surface area (Å²) in [6.07, 6.45) is 0. The Morgan fingerprint density at radius 2 is 1.33 bits per heavy atom.